The summed E-state index contributed by atoms with van der Waals surface area (Å²) >= 11 is 0. The van der Waals surface area contributed by atoms with E-state index in [0.29, 0.717) is 38.5 Å². The lowest BCUT2D eigenvalue weighted by molar-refractivity contribution is -0.150. The number of carbonyl (C=O) groups excluding carboxylic acids is 3. The van der Waals surface area contributed by atoms with E-state index in [9.17, 15) is 19.5 Å². The Bertz CT molecular complexity index is 1330. The third-order valence-corrected chi connectivity index (χ3v) is 7.64. The summed E-state index contributed by atoms with van der Waals surface area (Å²) in [7, 11) is 0. The number of aliphatic hydroxyl groups excluding tert-OH is 1. The van der Waals surface area contributed by atoms with Gasteiger partial charge in [-0.2, -0.15) is 0 Å². The molecule has 238 valence electrons. The zero-order valence-electron chi connectivity index (χ0n) is 26.0. The highest BCUT2D eigenvalue weighted by Gasteiger charge is 2.27. The van der Waals surface area contributed by atoms with Crippen LogP contribution in [-0.2, 0) is 38.4 Å². The second kappa shape index (κ2) is 19.7. The van der Waals surface area contributed by atoms with Crippen molar-refractivity contribution < 1.29 is 24.2 Å². The van der Waals surface area contributed by atoms with E-state index in [0.717, 1.165) is 16.7 Å². The number of carbonyl (C=O) groups is 3. The second-order valence-electron chi connectivity index (χ2n) is 11.3. The van der Waals surface area contributed by atoms with Crippen LogP contribution in [0, 0.1) is 11.8 Å². The molecule has 2 amide bonds. The van der Waals surface area contributed by atoms with Crippen molar-refractivity contribution in [3.8, 4) is 0 Å². The molecule has 0 aliphatic rings. The van der Waals surface area contributed by atoms with Crippen LogP contribution >= 0.6 is 0 Å². The predicted octanol–water partition coefficient (Wildman–Crippen LogP) is 5.38. The molecule has 3 aromatic rings. The number of allylic oxidation sites excluding steroid dienone is 2. The highest BCUT2D eigenvalue weighted by atomic mass is 16.5. The summed E-state index contributed by atoms with van der Waals surface area (Å²) in [4.78, 5) is 39.8. The Labute approximate surface area is 267 Å². The molecule has 0 bridgehead atoms. The molecule has 0 fully saturated rings. The minimum absolute atomic E-state index is 0.00445. The van der Waals surface area contributed by atoms with Gasteiger partial charge in [0.05, 0.1) is 30.5 Å². The van der Waals surface area contributed by atoms with E-state index >= 15 is 0 Å². The number of rotatable bonds is 20. The number of ether oxygens (including phenoxy) is 1. The van der Waals surface area contributed by atoms with E-state index in [-0.39, 0.29) is 43.3 Å². The highest BCUT2D eigenvalue weighted by Crippen LogP contribution is 2.18. The van der Waals surface area contributed by atoms with E-state index in [1.54, 1.807) is 12.2 Å². The Morgan fingerprint density at radius 2 is 1.24 bits per heavy atom. The van der Waals surface area contributed by atoms with Crippen molar-refractivity contribution in [3.63, 3.8) is 0 Å². The van der Waals surface area contributed by atoms with Crippen molar-refractivity contribution in [2.75, 3.05) is 13.2 Å². The number of amides is 2. The lowest BCUT2D eigenvalue weighted by Crippen LogP contribution is -2.45. The van der Waals surface area contributed by atoms with Crippen molar-refractivity contribution in [2.24, 2.45) is 11.8 Å². The van der Waals surface area contributed by atoms with E-state index in [1.807, 2.05) is 91.0 Å². The smallest absolute Gasteiger partial charge is 0.309 e. The largest absolute Gasteiger partial charge is 0.463 e. The summed E-state index contributed by atoms with van der Waals surface area (Å²) in [5.41, 5.74) is 3.03. The molecule has 3 aromatic carbocycles. The monoisotopic (exact) mass is 610 g/mol. The third kappa shape index (κ3) is 13.0. The van der Waals surface area contributed by atoms with E-state index in [2.05, 4.69) is 23.8 Å². The van der Waals surface area contributed by atoms with Gasteiger partial charge in [0.15, 0.2) is 0 Å². The van der Waals surface area contributed by atoms with Crippen LogP contribution in [-0.4, -0.2) is 48.2 Å². The van der Waals surface area contributed by atoms with Crippen LogP contribution in [0.5, 0.6) is 0 Å². The van der Waals surface area contributed by atoms with Crippen LogP contribution in [0.3, 0.4) is 0 Å². The summed E-state index contributed by atoms with van der Waals surface area (Å²) < 4.78 is 5.84. The summed E-state index contributed by atoms with van der Waals surface area (Å²) in [5.74, 6) is -1.98. The average Bonchev–Trinajstić information content (AvgIpc) is 3.06. The molecule has 3 N–H and O–H groups in total. The molecule has 0 radical (unpaired) electrons. The molecule has 0 unspecified atom stereocenters. The first kappa shape index (κ1) is 35.0. The van der Waals surface area contributed by atoms with Crippen LogP contribution in [0.1, 0.15) is 42.4 Å². The van der Waals surface area contributed by atoms with E-state index in [4.69, 9.17) is 4.74 Å². The fraction of sp³-hybridized carbons (Fsp3) is 0.342. The molecule has 45 heavy (non-hydrogen) atoms. The number of esters is 1. The fourth-order valence-corrected chi connectivity index (χ4v) is 5.25. The first-order chi connectivity index (χ1) is 21.9. The van der Waals surface area contributed by atoms with Crippen molar-refractivity contribution in [1.82, 2.24) is 10.6 Å². The number of aliphatic hydroxyl groups is 1. The highest BCUT2D eigenvalue weighted by molar-refractivity contribution is 5.86. The first-order valence-electron chi connectivity index (χ1n) is 15.6. The van der Waals surface area contributed by atoms with E-state index < -0.39 is 18.0 Å². The molecular weight excluding hydrogens is 564 g/mol. The molecular formula is C38H46N2O5. The van der Waals surface area contributed by atoms with Gasteiger partial charge in [0, 0.05) is 6.42 Å². The predicted molar refractivity (Wildman–Crippen MR) is 178 cm³/mol. The topological polar surface area (TPSA) is 105 Å². The Balaban J connectivity index is 1.66. The maximum Gasteiger partial charge on any atom is 0.309 e. The molecule has 7 nitrogen and oxygen atoms in total. The lowest BCUT2D eigenvalue weighted by Gasteiger charge is -2.24. The molecule has 0 spiro atoms. The first-order valence-corrected chi connectivity index (χ1v) is 15.6. The molecule has 0 saturated heterocycles. The molecule has 0 saturated carbocycles. The zero-order valence-corrected chi connectivity index (χ0v) is 26.0. The summed E-state index contributed by atoms with van der Waals surface area (Å²) in [6.45, 7) is 7.35. The molecule has 0 aliphatic heterocycles. The third-order valence-electron chi connectivity index (χ3n) is 7.64. The van der Waals surface area contributed by atoms with Gasteiger partial charge in [0.1, 0.15) is 6.61 Å². The van der Waals surface area contributed by atoms with Crippen LogP contribution in [0.25, 0.3) is 0 Å². The van der Waals surface area contributed by atoms with Gasteiger partial charge in [-0.15, -0.1) is 13.2 Å². The summed E-state index contributed by atoms with van der Waals surface area (Å²) in [6.07, 6.45) is 6.42. The quantitative estimate of drug-likeness (QED) is 0.118. The minimum atomic E-state index is -0.675. The van der Waals surface area contributed by atoms with Crippen LogP contribution in [0.15, 0.2) is 116 Å². The molecule has 3 rings (SSSR count). The minimum Gasteiger partial charge on any atom is -0.463 e. The lowest BCUT2D eigenvalue weighted by atomic mass is 9.95. The Morgan fingerprint density at radius 1 is 0.711 bits per heavy atom. The van der Waals surface area contributed by atoms with Gasteiger partial charge in [0.2, 0.25) is 11.8 Å². The van der Waals surface area contributed by atoms with E-state index in [1.165, 1.54) is 0 Å². The summed E-state index contributed by atoms with van der Waals surface area (Å²) in [6, 6.07) is 28.1. The molecule has 7 heteroatoms. The molecule has 0 aliphatic carbocycles. The van der Waals surface area contributed by atoms with Gasteiger partial charge < -0.3 is 20.5 Å². The second-order valence-corrected chi connectivity index (χ2v) is 11.3. The Morgan fingerprint density at radius 3 is 1.76 bits per heavy atom. The standard InChI is InChI=1S/C38H46N2O5/c1-3-5-22-33(23-29-16-9-6-10-17-29)38(44)45-28-35(25-31-20-13-8-14-21-31)40-37(43)32(15-4-2)26-36(42)39-34(27-41)24-30-18-11-7-12-19-30/h3-4,6-14,16-21,32-35,41H,1-2,5,15,22-28H2,(H,39,42)(H,40,43)/t32-,33-,34+,35+/m1/s1. The van der Waals surface area contributed by atoms with Crippen molar-refractivity contribution in [2.45, 2.75) is 57.0 Å². The number of hydrogen-bond acceptors (Lipinski definition) is 5. The zero-order chi connectivity index (χ0) is 32.3. The molecule has 0 heterocycles. The van der Waals surface area contributed by atoms with Crippen LogP contribution < -0.4 is 10.6 Å². The Hall–Kier alpha value is -4.49. The SMILES string of the molecule is C=CCC[C@H](Cc1ccccc1)C(=O)OC[C@H](Cc1ccccc1)NC(=O)[C@H](CC=C)CC(=O)N[C@H](CO)Cc1ccccc1. The van der Waals surface area contributed by atoms with Crippen molar-refractivity contribution in [3.05, 3.63) is 133 Å². The maximum absolute atomic E-state index is 13.5. The normalized spacial score (nSPS) is 13.4. The number of hydrogen-bond donors (Lipinski definition) is 3. The molecule has 0 aromatic heterocycles. The van der Waals surface area contributed by atoms with Crippen LogP contribution in [0.4, 0.5) is 0 Å². The van der Waals surface area contributed by atoms with Crippen molar-refractivity contribution >= 4 is 17.8 Å². The average molecular weight is 611 g/mol. The van der Waals surface area contributed by atoms with Gasteiger partial charge in [-0.3, -0.25) is 14.4 Å². The van der Waals surface area contributed by atoms with Crippen molar-refractivity contribution in [1.29, 1.82) is 0 Å². The summed E-state index contributed by atoms with van der Waals surface area (Å²) in [5, 5.41) is 15.8. The molecule has 4 atom stereocenters. The van der Waals surface area contributed by atoms with Gasteiger partial charge in [-0.25, -0.2) is 0 Å². The Kier molecular flexibility index (Phi) is 15.3. The van der Waals surface area contributed by atoms with Gasteiger partial charge >= 0.3 is 5.97 Å². The van der Waals surface area contributed by atoms with Crippen LogP contribution in [0.2, 0.25) is 0 Å². The maximum atomic E-state index is 13.5. The fourth-order valence-electron chi connectivity index (χ4n) is 5.25. The number of benzene rings is 3. The van der Waals surface area contributed by atoms with Gasteiger partial charge in [-0.05, 0) is 55.2 Å². The number of nitrogens with one attached hydrogen (secondary N) is 2. The van der Waals surface area contributed by atoms with Gasteiger partial charge in [-0.1, -0.05) is 103 Å². The van der Waals surface area contributed by atoms with Gasteiger partial charge in [0.25, 0.3) is 0 Å².